The van der Waals surface area contributed by atoms with Gasteiger partial charge in [0.05, 0.1) is 22.0 Å². The van der Waals surface area contributed by atoms with E-state index in [1.54, 1.807) is 12.5 Å². The van der Waals surface area contributed by atoms with Crippen LogP contribution in [-0.4, -0.2) is 22.4 Å². The molecule has 2 rings (SSSR count). The van der Waals surface area contributed by atoms with Crippen LogP contribution in [0.2, 0.25) is 0 Å². The van der Waals surface area contributed by atoms with Gasteiger partial charge in [-0.05, 0) is 18.4 Å². The Morgan fingerprint density at radius 3 is 1.62 bits per heavy atom. The second kappa shape index (κ2) is 13.9. The molecule has 0 fully saturated rings. The molecule has 0 aliphatic rings. The van der Waals surface area contributed by atoms with Crippen molar-refractivity contribution in [3.05, 3.63) is 74.1 Å². The quantitative estimate of drug-likeness (QED) is 0.248. The second-order valence-electron chi connectivity index (χ2n) is 3.93. The number of hydrogen-bond acceptors (Lipinski definition) is 6. The van der Waals surface area contributed by atoms with Crippen molar-refractivity contribution in [1.82, 2.24) is 0 Å². The number of nitro benzene ring substituents is 2. The zero-order valence-corrected chi connectivity index (χ0v) is 17.6. The molecule has 2 aromatic rings. The maximum absolute atomic E-state index is 12.9. The molecule has 0 radical (unpaired) electrons. The van der Waals surface area contributed by atoms with Crippen LogP contribution < -0.4 is 29.6 Å². The smallest absolute Gasteiger partial charge is 0.796 e. The van der Waals surface area contributed by atoms with E-state index in [1.807, 2.05) is 0 Å². The summed E-state index contributed by atoms with van der Waals surface area (Å²) in [6.07, 6.45) is 3.30. The standard InChI is InChI=1S/C7H6FNO2S.C6H3F2NO2.CH4S.Na/c1-12-7-3-2-5(9(10)11)4-6(7)8;7-5-2-1-4(9(10)11)3-6(5)8;1-2;/h2-4H,1H3;1-3H;2H,1H3;/q;;;+1/p-1. The third kappa shape index (κ3) is 8.90. The first-order valence-corrected chi connectivity index (χ1v) is 8.28. The van der Waals surface area contributed by atoms with Gasteiger partial charge >= 0.3 is 29.6 Å². The minimum Gasteiger partial charge on any atom is -0.796 e. The average Bonchev–Trinajstić information content (AvgIpc) is 2.59. The van der Waals surface area contributed by atoms with Crippen molar-refractivity contribution in [3.63, 3.8) is 0 Å². The summed E-state index contributed by atoms with van der Waals surface area (Å²) in [6.45, 7) is 0. The largest absolute Gasteiger partial charge is 1.00 e. The number of hydrogen-bond donors (Lipinski definition) is 0. The van der Waals surface area contributed by atoms with E-state index in [-0.39, 0.29) is 35.2 Å². The van der Waals surface area contributed by atoms with Crippen LogP contribution in [0.15, 0.2) is 41.3 Å². The van der Waals surface area contributed by atoms with Gasteiger partial charge in [-0.1, -0.05) is 0 Å². The van der Waals surface area contributed by atoms with Crippen molar-refractivity contribution < 1.29 is 52.6 Å². The van der Waals surface area contributed by atoms with Gasteiger partial charge in [0.1, 0.15) is 5.82 Å². The molecule has 0 saturated carbocycles. The van der Waals surface area contributed by atoms with Crippen molar-refractivity contribution in [2.75, 3.05) is 12.5 Å². The van der Waals surface area contributed by atoms with Crippen molar-refractivity contribution in [1.29, 1.82) is 0 Å². The fraction of sp³-hybridized carbons (Fsp3) is 0.143. The molecule has 12 heteroatoms. The fourth-order valence-corrected chi connectivity index (χ4v) is 1.83. The predicted molar refractivity (Wildman–Crippen MR) is 91.1 cm³/mol. The molecular weight excluding hydrogens is 404 g/mol. The molecule has 0 aliphatic carbocycles. The maximum atomic E-state index is 12.9. The molecule has 0 spiro atoms. The van der Waals surface area contributed by atoms with Crippen LogP contribution in [0, 0.1) is 37.7 Å². The Bertz CT molecular complexity index is 754. The molecule has 136 valence electrons. The number of benzene rings is 2. The zero-order chi connectivity index (χ0) is 19.6. The molecule has 2 aromatic carbocycles. The molecule has 0 amide bonds. The number of non-ortho nitro benzene ring substituents is 2. The molecule has 0 bridgehead atoms. The predicted octanol–water partition coefficient (Wildman–Crippen LogP) is 1.50. The number of nitrogens with zero attached hydrogens (tertiary/aromatic N) is 2. The summed E-state index contributed by atoms with van der Waals surface area (Å²) in [5, 5.41) is 20.2. The van der Waals surface area contributed by atoms with E-state index in [2.05, 4.69) is 12.6 Å². The van der Waals surface area contributed by atoms with Crippen LogP contribution in [-0.2, 0) is 12.6 Å². The van der Waals surface area contributed by atoms with E-state index in [1.165, 1.54) is 23.9 Å². The minimum absolute atomic E-state index is 0. The molecular formula is C14H12F3N2NaO4S2. The maximum Gasteiger partial charge on any atom is 1.00 e. The van der Waals surface area contributed by atoms with Crippen LogP contribution in [0.25, 0.3) is 0 Å². The number of halogens is 3. The van der Waals surface area contributed by atoms with Gasteiger partial charge in [-0.25, -0.2) is 13.2 Å². The summed E-state index contributed by atoms with van der Waals surface area (Å²) in [7, 11) is 0. The van der Waals surface area contributed by atoms with Gasteiger partial charge in [0, 0.05) is 17.0 Å². The molecule has 0 saturated heterocycles. The third-order valence-corrected chi connectivity index (χ3v) is 3.23. The Morgan fingerprint density at radius 2 is 1.27 bits per heavy atom. The van der Waals surface area contributed by atoms with Gasteiger partial charge in [-0.15, -0.1) is 11.8 Å². The van der Waals surface area contributed by atoms with Gasteiger partial charge in [-0.3, -0.25) is 20.2 Å². The van der Waals surface area contributed by atoms with Crippen LogP contribution >= 0.6 is 11.8 Å². The summed E-state index contributed by atoms with van der Waals surface area (Å²) in [5.41, 5.74) is -0.672. The molecule has 0 aliphatic heterocycles. The normalized spacial score (nSPS) is 8.85. The van der Waals surface area contributed by atoms with Crippen molar-refractivity contribution in [2.24, 2.45) is 0 Å². The molecule has 6 nitrogen and oxygen atoms in total. The van der Waals surface area contributed by atoms with Gasteiger partial charge in [0.2, 0.25) is 0 Å². The summed E-state index contributed by atoms with van der Waals surface area (Å²) < 4.78 is 37.3. The number of rotatable bonds is 3. The first kappa shape index (κ1) is 27.0. The van der Waals surface area contributed by atoms with Gasteiger partial charge < -0.3 is 12.6 Å². The SMILES string of the molecule is CSc1ccc([N+](=O)[O-])cc1F.C[S-].O=[N+]([O-])c1ccc(F)c(F)c1.[Na+]. The molecule has 0 heterocycles. The second-order valence-corrected chi connectivity index (χ2v) is 4.78. The molecule has 0 unspecified atom stereocenters. The van der Waals surface area contributed by atoms with Gasteiger partial charge in [0.25, 0.3) is 11.4 Å². The first-order valence-electron chi connectivity index (χ1n) is 6.24. The Labute approximate surface area is 179 Å². The van der Waals surface area contributed by atoms with Crippen LogP contribution in [0.5, 0.6) is 0 Å². The van der Waals surface area contributed by atoms with E-state index in [4.69, 9.17) is 0 Å². The van der Waals surface area contributed by atoms with Crippen LogP contribution in [0.4, 0.5) is 24.5 Å². The van der Waals surface area contributed by atoms with Crippen molar-refractivity contribution in [2.45, 2.75) is 4.90 Å². The van der Waals surface area contributed by atoms with E-state index in [0.29, 0.717) is 17.0 Å². The molecule has 26 heavy (non-hydrogen) atoms. The van der Waals surface area contributed by atoms with E-state index in [0.717, 1.165) is 12.1 Å². The number of nitro groups is 2. The summed E-state index contributed by atoms with van der Waals surface area (Å²) in [6, 6.07) is 5.76. The van der Waals surface area contributed by atoms with Crippen molar-refractivity contribution in [3.8, 4) is 0 Å². The monoisotopic (exact) mass is 416 g/mol. The first-order chi connectivity index (χ1) is 11.8. The zero-order valence-electron chi connectivity index (χ0n) is 13.9. The average molecular weight is 416 g/mol. The Hall–Kier alpha value is -1.27. The summed E-state index contributed by atoms with van der Waals surface area (Å²) in [4.78, 5) is 19.2. The van der Waals surface area contributed by atoms with Gasteiger partial charge in [-0.2, -0.15) is 6.26 Å². The summed E-state index contributed by atoms with van der Waals surface area (Å²) >= 11 is 5.30. The summed E-state index contributed by atoms with van der Waals surface area (Å²) in [5.74, 6) is -2.84. The van der Waals surface area contributed by atoms with E-state index in [9.17, 15) is 33.4 Å². The Balaban J connectivity index is 0. The molecule has 0 aromatic heterocycles. The van der Waals surface area contributed by atoms with Crippen LogP contribution in [0.3, 0.4) is 0 Å². The van der Waals surface area contributed by atoms with Crippen LogP contribution in [0.1, 0.15) is 0 Å². The Kier molecular flexibility index (Phi) is 14.4. The third-order valence-electron chi connectivity index (χ3n) is 2.46. The molecule has 0 atom stereocenters. The minimum atomic E-state index is -1.21. The number of thioether (sulfide) groups is 1. The van der Waals surface area contributed by atoms with Crippen molar-refractivity contribution >= 4 is 35.8 Å². The van der Waals surface area contributed by atoms with Gasteiger partial charge in [0.15, 0.2) is 11.6 Å². The Morgan fingerprint density at radius 1 is 0.846 bits per heavy atom. The molecule has 0 N–H and O–H groups in total. The van der Waals surface area contributed by atoms with E-state index >= 15 is 0 Å². The fourth-order valence-electron chi connectivity index (χ4n) is 1.37. The topological polar surface area (TPSA) is 86.3 Å². The van der Waals surface area contributed by atoms with E-state index < -0.39 is 33.0 Å².